The second kappa shape index (κ2) is 8.45. The van der Waals surface area contributed by atoms with Crippen molar-refractivity contribution < 1.29 is 28.5 Å². The van der Waals surface area contributed by atoms with E-state index in [1.54, 1.807) is 25.3 Å². The molecule has 0 bridgehead atoms. The van der Waals surface area contributed by atoms with E-state index in [1.807, 2.05) is 0 Å². The van der Waals surface area contributed by atoms with E-state index >= 15 is 0 Å². The molecule has 0 fully saturated rings. The molecule has 6 nitrogen and oxygen atoms in total. The van der Waals surface area contributed by atoms with Crippen LogP contribution in [0.1, 0.15) is 28.2 Å². The van der Waals surface area contributed by atoms with Crippen molar-refractivity contribution in [2.45, 2.75) is 20.0 Å². The zero-order valence-corrected chi connectivity index (χ0v) is 15.2. The molecule has 0 saturated carbocycles. The highest BCUT2D eigenvalue weighted by molar-refractivity contribution is 5.96. The molecule has 3 rings (SSSR count). The standard InChI is InChI=1S/C20H20F2N2O4/c1-12-19(17(27)8-13(9-25)10-26)24-7-3-6-18(20(24)23-12)28-11-14-15(21)4-2-5-16(14)22/h2-7,13,25-26H,8-11H2,1H3. The molecule has 3 aromatic rings. The molecule has 8 heteroatoms. The van der Waals surface area contributed by atoms with Gasteiger partial charge in [0.2, 0.25) is 0 Å². The van der Waals surface area contributed by atoms with Crippen LogP contribution in [-0.2, 0) is 6.61 Å². The fraction of sp³-hybridized carbons (Fsp3) is 0.300. The fourth-order valence-electron chi connectivity index (χ4n) is 2.97. The number of benzene rings is 1. The molecule has 2 N–H and O–H groups in total. The average Bonchev–Trinajstić information content (AvgIpc) is 3.02. The Bertz CT molecular complexity index is 979. The van der Waals surface area contributed by atoms with Crippen molar-refractivity contribution in [2.24, 2.45) is 5.92 Å². The Morgan fingerprint density at radius 3 is 2.50 bits per heavy atom. The van der Waals surface area contributed by atoms with E-state index in [0.717, 1.165) is 12.1 Å². The first-order valence-corrected chi connectivity index (χ1v) is 8.74. The van der Waals surface area contributed by atoms with Crippen molar-refractivity contribution in [2.75, 3.05) is 13.2 Å². The number of aromatic nitrogens is 2. The number of aryl methyl sites for hydroxylation is 1. The SMILES string of the molecule is Cc1nc2c(OCc3c(F)cccc3F)cccn2c1C(=O)CC(CO)CO. The second-order valence-electron chi connectivity index (χ2n) is 6.46. The van der Waals surface area contributed by atoms with Gasteiger partial charge in [-0.15, -0.1) is 0 Å². The van der Waals surface area contributed by atoms with Crippen molar-refractivity contribution in [1.82, 2.24) is 9.38 Å². The van der Waals surface area contributed by atoms with Crippen LogP contribution in [0, 0.1) is 24.5 Å². The minimum absolute atomic E-state index is 0.0346. The van der Waals surface area contributed by atoms with Gasteiger partial charge in [0, 0.05) is 31.7 Å². The lowest BCUT2D eigenvalue weighted by Crippen LogP contribution is -2.17. The van der Waals surface area contributed by atoms with Crippen LogP contribution >= 0.6 is 0 Å². The van der Waals surface area contributed by atoms with E-state index < -0.39 is 17.6 Å². The number of nitrogens with zero attached hydrogens (tertiary/aromatic N) is 2. The van der Waals surface area contributed by atoms with Gasteiger partial charge >= 0.3 is 0 Å². The van der Waals surface area contributed by atoms with Gasteiger partial charge in [-0.3, -0.25) is 9.20 Å². The van der Waals surface area contributed by atoms with Gasteiger partial charge in [0.25, 0.3) is 0 Å². The minimum atomic E-state index is -0.707. The smallest absolute Gasteiger partial charge is 0.181 e. The zero-order chi connectivity index (χ0) is 20.3. The Balaban J connectivity index is 1.91. The predicted molar refractivity (Wildman–Crippen MR) is 97.2 cm³/mol. The molecular weight excluding hydrogens is 370 g/mol. The van der Waals surface area contributed by atoms with E-state index in [0.29, 0.717) is 17.0 Å². The maximum Gasteiger partial charge on any atom is 0.181 e. The predicted octanol–water partition coefficient (Wildman–Crippen LogP) is 2.67. The van der Waals surface area contributed by atoms with Crippen LogP contribution in [0.25, 0.3) is 5.65 Å². The van der Waals surface area contributed by atoms with Gasteiger partial charge in [-0.25, -0.2) is 13.8 Å². The molecule has 1 aromatic carbocycles. The highest BCUT2D eigenvalue weighted by atomic mass is 19.1. The number of hydrogen-bond donors (Lipinski definition) is 2. The molecule has 2 heterocycles. The van der Waals surface area contributed by atoms with E-state index in [9.17, 15) is 23.8 Å². The van der Waals surface area contributed by atoms with Crippen molar-refractivity contribution in [1.29, 1.82) is 0 Å². The molecule has 0 aliphatic heterocycles. The summed E-state index contributed by atoms with van der Waals surface area (Å²) < 4.78 is 34.7. The molecule has 28 heavy (non-hydrogen) atoms. The molecular formula is C20H20F2N2O4. The maximum absolute atomic E-state index is 13.8. The van der Waals surface area contributed by atoms with Crippen molar-refractivity contribution in [3.8, 4) is 5.75 Å². The number of aliphatic hydroxyl groups is 2. The van der Waals surface area contributed by atoms with Gasteiger partial charge in [0.05, 0.1) is 11.3 Å². The number of carbonyl (C=O) groups is 1. The third-order valence-corrected chi connectivity index (χ3v) is 4.48. The number of ether oxygens (including phenoxy) is 1. The number of fused-ring (bicyclic) bond motifs is 1. The largest absolute Gasteiger partial charge is 0.485 e. The van der Waals surface area contributed by atoms with Gasteiger partial charge in [0.15, 0.2) is 17.2 Å². The quantitative estimate of drug-likeness (QED) is 0.578. The molecule has 0 unspecified atom stereocenters. The lowest BCUT2D eigenvalue weighted by Gasteiger charge is -2.11. The number of hydrogen-bond acceptors (Lipinski definition) is 5. The summed E-state index contributed by atoms with van der Waals surface area (Å²) >= 11 is 0. The molecule has 0 aliphatic carbocycles. The first-order chi connectivity index (χ1) is 13.5. The summed E-state index contributed by atoms with van der Waals surface area (Å²) in [7, 11) is 0. The van der Waals surface area contributed by atoms with E-state index in [1.165, 1.54) is 10.5 Å². The lowest BCUT2D eigenvalue weighted by molar-refractivity contribution is 0.0873. The Kier molecular flexibility index (Phi) is 6.01. The Morgan fingerprint density at radius 2 is 1.86 bits per heavy atom. The third kappa shape index (κ3) is 3.88. The number of Topliss-reactive ketones (excluding diaryl/α,β-unsaturated/α-hetero) is 1. The van der Waals surface area contributed by atoms with Gasteiger partial charge < -0.3 is 14.9 Å². The highest BCUT2D eigenvalue weighted by Gasteiger charge is 2.22. The van der Waals surface area contributed by atoms with Crippen LogP contribution in [0.3, 0.4) is 0 Å². The van der Waals surface area contributed by atoms with Crippen LogP contribution < -0.4 is 4.74 Å². The van der Waals surface area contributed by atoms with Crippen molar-refractivity contribution in [3.63, 3.8) is 0 Å². The van der Waals surface area contributed by atoms with Gasteiger partial charge in [-0.1, -0.05) is 6.07 Å². The van der Waals surface area contributed by atoms with Crippen LogP contribution in [0.4, 0.5) is 8.78 Å². The molecule has 0 spiro atoms. The molecule has 0 amide bonds. The number of carbonyl (C=O) groups excluding carboxylic acids is 1. The fourth-order valence-corrected chi connectivity index (χ4v) is 2.97. The molecule has 0 radical (unpaired) electrons. The summed E-state index contributed by atoms with van der Waals surface area (Å²) in [4.78, 5) is 17.0. The molecule has 0 aliphatic rings. The summed E-state index contributed by atoms with van der Waals surface area (Å²) in [6.07, 6.45) is 1.60. The number of aliphatic hydroxyl groups excluding tert-OH is 2. The molecule has 0 saturated heterocycles. The van der Waals surface area contributed by atoms with Gasteiger partial charge in [-0.2, -0.15) is 0 Å². The maximum atomic E-state index is 13.8. The van der Waals surface area contributed by atoms with Crippen molar-refractivity contribution >= 4 is 11.4 Å². The van der Waals surface area contributed by atoms with Crippen molar-refractivity contribution in [3.05, 3.63) is 65.1 Å². The third-order valence-electron chi connectivity index (χ3n) is 4.48. The number of rotatable bonds is 8. The summed E-state index contributed by atoms with van der Waals surface area (Å²) in [5.74, 6) is -1.98. The normalized spacial score (nSPS) is 11.4. The molecule has 148 valence electrons. The lowest BCUT2D eigenvalue weighted by atomic mass is 10.0. The summed E-state index contributed by atoms with van der Waals surface area (Å²) in [6, 6.07) is 6.80. The zero-order valence-electron chi connectivity index (χ0n) is 15.2. The van der Waals surface area contributed by atoms with Crippen LogP contribution in [-0.4, -0.2) is 38.6 Å². The van der Waals surface area contributed by atoms with Gasteiger partial charge in [-0.05, 0) is 31.2 Å². The number of halogens is 2. The topological polar surface area (TPSA) is 84.1 Å². The second-order valence-corrected chi connectivity index (χ2v) is 6.46. The van der Waals surface area contributed by atoms with E-state index in [2.05, 4.69) is 4.98 Å². The summed E-state index contributed by atoms with van der Waals surface area (Å²) in [6.45, 7) is 0.721. The van der Waals surface area contributed by atoms with Crippen LogP contribution in [0.5, 0.6) is 5.75 Å². The number of pyridine rings is 1. The summed E-state index contributed by atoms with van der Waals surface area (Å²) in [5, 5.41) is 18.4. The number of ketones is 1. The minimum Gasteiger partial charge on any atom is -0.485 e. The first kappa shape index (κ1) is 19.9. The first-order valence-electron chi connectivity index (χ1n) is 8.74. The van der Waals surface area contributed by atoms with Crippen LogP contribution in [0.15, 0.2) is 36.5 Å². The Morgan fingerprint density at radius 1 is 1.18 bits per heavy atom. The summed E-state index contributed by atoms with van der Waals surface area (Å²) in [5.41, 5.74) is 0.902. The van der Waals surface area contributed by atoms with E-state index in [4.69, 9.17) is 4.74 Å². The highest BCUT2D eigenvalue weighted by Crippen LogP contribution is 2.25. The monoisotopic (exact) mass is 390 g/mol. The number of imidazole rings is 1. The average molecular weight is 390 g/mol. The van der Waals surface area contributed by atoms with Crippen LogP contribution in [0.2, 0.25) is 0 Å². The Labute approximate surface area is 160 Å². The Hall–Kier alpha value is -2.84. The van der Waals surface area contributed by atoms with Gasteiger partial charge in [0.1, 0.15) is 23.9 Å². The molecule has 0 atom stereocenters. The molecule has 2 aromatic heterocycles. The van der Waals surface area contributed by atoms with E-state index in [-0.39, 0.29) is 43.3 Å².